The van der Waals surface area contributed by atoms with Crippen LogP contribution in [0.25, 0.3) is 5.32 Å². The Labute approximate surface area is 93.3 Å². The van der Waals surface area contributed by atoms with Crippen molar-refractivity contribution in [3.8, 4) is 0 Å². The second-order valence-electron chi connectivity index (χ2n) is 4.35. The number of hydrogen-bond acceptors (Lipinski definition) is 1. The molecule has 1 aromatic rings. The van der Waals surface area contributed by atoms with Crippen molar-refractivity contribution in [2.75, 3.05) is 27.7 Å². The lowest BCUT2D eigenvalue weighted by Crippen LogP contribution is -2.24. The number of rotatable bonds is 5. The molecule has 0 aliphatic carbocycles. The highest BCUT2D eigenvalue weighted by atomic mass is 15.1. The molecule has 0 saturated carbocycles. The molecule has 2 heteroatoms. The van der Waals surface area contributed by atoms with E-state index in [4.69, 9.17) is 0 Å². The molecule has 0 unspecified atom stereocenters. The fourth-order valence-electron chi connectivity index (χ4n) is 2.06. The maximum atomic E-state index is 4.48. The normalized spacial score (nSPS) is 15.3. The Balaban J connectivity index is 2.71. The van der Waals surface area contributed by atoms with Gasteiger partial charge in [-0.3, -0.25) is 0 Å². The Kier molecular flexibility index (Phi) is 4.79. The molecule has 0 saturated heterocycles. The van der Waals surface area contributed by atoms with Gasteiger partial charge in [0.25, 0.3) is 0 Å². The van der Waals surface area contributed by atoms with Crippen molar-refractivity contribution in [2.45, 2.75) is 13.0 Å². The van der Waals surface area contributed by atoms with Gasteiger partial charge in [-0.15, -0.1) is 6.04 Å². The minimum absolute atomic E-state index is 0.314. The number of benzene rings is 1. The van der Waals surface area contributed by atoms with Crippen LogP contribution in [0, 0.1) is 5.92 Å². The highest BCUT2D eigenvalue weighted by Crippen LogP contribution is 2.28. The largest absolute Gasteiger partial charge is 0.658 e. The minimum Gasteiger partial charge on any atom is -0.658 e. The summed E-state index contributed by atoms with van der Waals surface area (Å²) in [5, 5.41) is 4.48. The van der Waals surface area contributed by atoms with Crippen LogP contribution in [0.1, 0.15) is 18.5 Å². The average Bonchev–Trinajstić information content (AvgIpc) is 2.19. The fraction of sp³-hybridized carbons (Fsp3) is 0.538. The Hall–Kier alpha value is -0.860. The fourth-order valence-corrected chi connectivity index (χ4v) is 2.06. The number of nitrogens with zero attached hydrogens (tertiary/aromatic N) is 2. The first kappa shape index (κ1) is 12.2. The van der Waals surface area contributed by atoms with E-state index in [9.17, 15) is 0 Å². The number of hydrogen-bond donors (Lipinski definition) is 0. The lowest BCUT2D eigenvalue weighted by Gasteiger charge is -2.36. The molecular weight excluding hydrogens is 184 g/mol. The molecule has 0 heterocycles. The molecule has 0 radical (unpaired) electrons. The van der Waals surface area contributed by atoms with Crippen LogP contribution in [0.4, 0.5) is 0 Å². The summed E-state index contributed by atoms with van der Waals surface area (Å²) in [6.45, 7) is 3.32. The maximum absolute atomic E-state index is 4.48. The Morgan fingerprint density at radius 1 is 1.20 bits per heavy atom. The zero-order valence-corrected chi connectivity index (χ0v) is 10.1. The monoisotopic (exact) mass is 205 g/mol. The van der Waals surface area contributed by atoms with Crippen LogP contribution in [0.5, 0.6) is 0 Å². The summed E-state index contributed by atoms with van der Waals surface area (Å²) in [5.41, 5.74) is 1.31. The highest BCUT2D eigenvalue weighted by molar-refractivity contribution is 5.23. The Bertz CT molecular complexity index is 269. The van der Waals surface area contributed by atoms with Gasteiger partial charge < -0.3 is 10.2 Å². The summed E-state index contributed by atoms with van der Waals surface area (Å²) < 4.78 is 0. The van der Waals surface area contributed by atoms with Crippen LogP contribution in [-0.2, 0) is 0 Å². The Morgan fingerprint density at radius 3 is 2.27 bits per heavy atom. The summed E-state index contributed by atoms with van der Waals surface area (Å²) in [5.74, 6) is 0.549. The van der Waals surface area contributed by atoms with Gasteiger partial charge in [-0.25, -0.2) is 0 Å². The molecule has 0 spiro atoms. The van der Waals surface area contributed by atoms with Crippen molar-refractivity contribution in [3.63, 3.8) is 0 Å². The van der Waals surface area contributed by atoms with Crippen LogP contribution >= 0.6 is 0 Å². The van der Waals surface area contributed by atoms with Gasteiger partial charge in [0.05, 0.1) is 0 Å². The molecule has 0 aromatic heterocycles. The van der Waals surface area contributed by atoms with Crippen LogP contribution in [0.2, 0.25) is 0 Å². The first-order chi connectivity index (χ1) is 7.15. The van der Waals surface area contributed by atoms with Crippen molar-refractivity contribution < 1.29 is 0 Å². The van der Waals surface area contributed by atoms with Crippen LogP contribution in [-0.4, -0.2) is 32.6 Å². The van der Waals surface area contributed by atoms with Crippen molar-refractivity contribution in [2.24, 2.45) is 5.92 Å². The predicted molar refractivity (Wildman–Crippen MR) is 66.2 cm³/mol. The summed E-state index contributed by atoms with van der Waals surface area (Å²) in [6, 6.07) is 10.8. The molecule has 0 fully saturated rings. The van der Waals surface area contributed by atoms with Gasteiger partial charge >= 0.3 is 0 Å². The molecule has 84 valence electrons. The van der Waals surface area contributed by atoms with Crippen LogP contribution < -0.4 is 0 Å². The van der Waals surface area contributed by atoms with E-state index in [1.807, 2.05) is 13.1 Å². The second kappa shape index (κ2) is 5.89. The predicted octanol–water partition coefficient (Wildman–Crippen LogP) is 2.93. The van der Waals surface area contributed by atoms with E-state index in [1.165, 1.54) is 5.56 Å². The maximum Gasteiger partial charge on any atom is -0.000992 e. The molecule has 0 N–H and O–H groups in total. The van der Waals surface area contributed by atoms with E-state index in [1.54, 1.807) is 0 Å². The molecule has 0 amide bonds. The summed E-state index contributed by atoms with van der Waals surface area (Å²) in [6.07, 6.45) is 0. The topological polar surface area (TPSA) is 17.3 Å². The molecule has 0 aliphatic rings. The van der Waals surface area contributed by atoms with Gasteiger partial charge in [0.2, 0.25) is 0 Å². The average molecular weight is 205 g/mol. The van der Waals surface area contributed by atoms with Gasteiger partial charge in [0.1, 0.15) is 0 Å². The smallest absolute Gasteiger partial charge is 0.000992 e. The van der Waals surface area contributed by atoms with E-state index in [0.29, 0.717) is 12.0 Å². The molecule has 0 aliphatic heterocycles. The van der Waals surface area contributed by atoms with E-state index in [0.717, 1.165) is 6.54 Å². The third-order valence-corrected chi connectivity index (χ3v) is 2.61. The van der Waals surface area contributed by atoms with Gasteiger partial charge in [-0.05, 0) is 26.6 Å². The van der Waals surface area contributed by atoms with E-state index in [-0.39, 0.29) is 0 Å². The van der Waals surface area contributed by atoms with Crippen LogP contribution in [0.15, 0.2) is 30.3 Å². The third-order valence-electron chi connectivity index (χ3n) is 2.61. The summed E-state index contributed by atoms with van der Waals surface area (Å²) in [4.78, 5) is 2.21. The minimum atomic E-state index is 0.314. The van der Waals surface area contributed by atoms with Crippen molar-refractivity contribution in [1.82, 2.24) is 4.90 Å². The van der Waals surface area contributed by atoms with Crippen molar-refractivity contribution in [1.29, 1.82) is 0 Å². The summed E-state index contributed by atoms with van der Waals surface area (Å²) >= 11 is 0. The molecule has 15 heavy (non-hydrogen) atoms. The lowest BCUT2D eigenvalue weighted by molar-refractivity contribution is 0.320. The Morgan fingerprint density at radius 2 is 1.80 bits per heavy atom. The lowest BCUT2D eigenvalue weighted by atomic mass is 9.94. The van der Waals surface area contributed by atoms with E-state index < -0.39 is 0 Å². The highest BCUT2D eigenvalue weighted by Gasteiger charge is 2.10. The van der Waals surface area contributed by atoms with Gasteiger partial charge in [-0.2, -0.15) is 7.05 Å². The molecule has 2 atom stereocenters. The first-order valence-corrected chi connectivity index (χ1v) is 5.43. The zero-order chi connectivity index (χ0) is 11.3. The zero-order valence-electron chi connectivity index (χ0n) is 10.1. The van der Waals surface area contributed by atoms with Gasteiger partial charge in [0.15, 0.2) is 0 Å². The molecule has 2 nitrogen and oxygen atoms in total. The quantitative estimate of drug-likeness (QED) is 0.722. The molecule has 1 aromatic carbocycles. The standard InChI is InChI=1S/C13H21N2/c1-11(10-15(3)4)13(14-2)12-8-6-5-7-9-12/h5-9,11,13H,10H2,1-4H3/q-1/t11-,13+/m0/s1. The van der Waals surface area contributed by atoms with Crippen LogP contribution in [0.3, 0.4) is 0 Å². The van der Waals surface area contributed by atoms with Crippen molar-refractivity contribution >= 4 is 0 Å². The van der Waals surface area contributed by atoms with Gasteiger partial charge in [0, 0.05) is 0 Å². The molecule has 0 bridgehead atoms. The van der Waals surface area contributed by atoms with Gasteiger partial charge in [-0.1, -0.05) is 42.8 Å². The molecular formula is C13H21N2-. The summed E-state index contributed by atoms with van der Waals surface area (Å²) in [7, 11) is 6.12. The molecule has 1 rings (SSSR count). The second-order valence-corrected chi connectivity index (χ2v) is 4.35. The third kappa shape index (κ3) is 3.65. The SMILES string of the molecule is C[N-][C@@H](c1ccccc1)[C@@H](C)CN(C)C. The first-order valence-electron chi connectivity index (χ1n) is 5.43. The van der Waals surface area contributed by atoms with E-state index in [2.05, 4.69) is 55.5 Å². The van der Waals surface area contributed by atoms with Crippen molar-refractivity contribution in [3.05, 3.63) is 41.2 Å². The van der Waals surface area contributed by atoms with E-state index >= 15 is 0 Å².